The standard InChI is InChI=1S/C7H13NO2.C2H6/c1-5(2)6(9)7(10)8(3)4;1-2/h5H,1-4H3;1-2H3. The minimum absolute atomic E-state index is 0.199. The number of Topliss-reactive ketones (excluding diaryl/α,β-unsaturated/α-hetero) is 1. The van der Waals surface area contributed by atoms with Crippen molar-refractivity contribution in [3.8, 4) is 0 Å². The van der Waals surface area contributed by atoms with Crippen LogP contribution in [0, 0.1) is 5.92 Å². The fraction of sp³-hybridized carbons (Fsp3) is 0.778. The normalized spacial score (nSPS) is 8.58. The van der Waals surface area contributed by atoms with Crippen LogP contribution in [0.4, 0.5) is 0 Å². The van der Waals surface area contributed by atoms with Crippen LogP contribution in [0.25, 0.3) is 0 Å². The maximum Gasteiger partial charge on any atom is 0.289 e. The Morgan fingerprint density at radius 3 is 1.50 bits per heavy atom. The summed E-state index contributed by atoms with van der Waals surface area (Å²) in [5.41, 5.74) is 0. The second-order valence-electron chi connectivity index (χ2n) is 2.72. The Balaban J connectivity index is 0. The molecule has 0 radical (unpaired) electrons. The van der Waals surface area contributed by atoms with Gasteiger partial charge in [-0.1, -0.05) is 27.7 Å². The average Bonchev–Trinajstić information content (AvgIpc) is 2.05. The molecule has 0 atom stereocenters. The number of carbonyl (C=O) groups excluding carboxylic acids is 2. The summed E-state index contributed by atoms with van der Waals surface area (Å²) in [6.45, 7) is 7.42. The lowest BCUT2D eigenvalue weighted by Crippen LogP contribution is -2.32. The van der Waals surface area contributed by atoms with Gasteiger partial charge in [0.25, 0.3) is 5.91 Å². The third-order valence-corrected chi connectivity index (χ3v) is 1.14. The molecule has 72 valence electrons. The molecule has 0 aliphatic heterocycles. The summed E-state index contributed by atoms with van der Waals surface area (Å²) in [7, 11) is 3.14. The van der Waals surface area contributed by atoms with Gasteiger partial charge in [0.2, 0.25) is 5.78 Å². The second kappa shape index (κ2) is 6.83. The summed E-state index contributed by atoms with van der Waals surface area (Å²) in [6, 6.07) is 0. The van der Waals surface area contributed by atoms with Gasteiger partial charge in [0.1, 0.15) is 0 Å². The van der Waals surface area contributed by atoms with Crippen molar-refractivity contribution in [1.29, 1.82) is 0 Å². The molecular formula is C9H19NO2. The van der Waals surface area contributed by atoms with Crippen molar-refractivity contribution in [2.75, 3.05) is 14.1 Å². The molecule has 0 saturated heterocycles. The molecule has 0 aromatic heterocycles. The van der Waals surface area contributed by atoms with Crippen molar-refractivity contribution in [3.05, 3.63) is 0 Å². The van der Waals surface area contributed by atoms with Crippen LogP contribution in [0.15, 0.2) is 0 Å². The monoisotopic (exact) mass is 173 g/mol. The molecule has 0 fully saturated rings. The van der Waals surface area contributed by atoms with Crippen molar-refractivity contribution >= 4 is 11.7 Å². The zero-order valence-electron chi connectivity index (χ0n) is 8.84. The van der Waals surface area contributed by atoms with Gasteiger partial charge >= 0.3 is 0 Å². The first-order valence-electron chi connectivity index (χ1n) is 4.22. The molecule has 0 aliphatic rings. The van der Waals surface area contributed by atoms with Crippen LogP contribution in [0.5, 0.6) is 0 Å². The van der Waals surface area contributed by atoms with Gasteiger partial charge in [-0.3, -0.25) is 9.59 Å². The average molecular weight is 173 g/mol. The Hall–Kier alpha value is -0.860. The van der Waals surface area contributed by atoms with E-state index in [1.54, 1.807) is 27.9 Å². The topological polar surface area (TPSA) is 37.4 Å². The molecule has 3 nitrogen and oxygen atoms in total. The lowest BCUT2D eigenvalue weighted by atomic mass is 10.1. The SMILES string of the molecule is CC.CC(C)C(=O)C(=O)N(C)C. The van der Waals surface area contributed by atoms with Gasteiger partial charge < -0.3 is 4.90 Å². The highest BCUT2D eigenvalue weighted by Crippen LogP contribution is 1.95. The summed E-state index contributed by atoms with van der Waals surface area (Å²) >= 11 is 0. The lowest BCUT2D eigenvalue weighted by molar-refractivity contribution is -0.144. The molecule has 0 N–H and O–H groups in total. The molecule has 0 aromatic carbocycles. The zero-order valence-corrected chi connectivity index (χ0v) is 8.84. The lowest BCUT2D eigenvalue weighted by Gasteiger charge is -2.09. The molecule has 3 heteroatoms. The summed E-state index contributed by atoms with van der Waals surface area (Å²) in [6.07, 6.45) is 0. The van der Waals surface area contributed by atoms with Crippen LogP contribution in [0.1, 0.15) is 27.7 Å². The van der Waals surface area contributed by atoms with E-state index in [9.17, 15) is 9.59 Å². The quantitative estimate of drug-likeness (QED) is 0.591. The molecule has 1 amide bonds. The molecule has 0 saturated carbocycles. The molecule has 0 aromatic rings. The Labute approximate surface area is 74.7 Å². The number of likely N-dealkylation sites (N-methyl/N-ethyl adjacent to an activating group) is 1. The Morgan fingerprint density at radius 2 is 1.42 bits per heavy atom. The van der Waals surface area contributed by atoms with Crippen LogP contribution in [0.2, 0.25) is 0 Å². The smallest absolute Gasteiger partial charge is 0.289 e. The van der Waals surface area contributed by atoms with Gasteiger partial charge in [-0.25, -0.2) is 0 Å². The number of ketones is 1. The maximum atomic E-state index is 10.9. The number of hydrogen-bond acceptors (Lipinski definition) is 2. The highest BCUT2D eigenvalue weighted by Gasteiger charge is 2.18. The van der Waals surface area contributed by atoms with E-state index in [0.29, 0.717) is 0 Å². The van der Waals surface area contributed by atoms with E-state index >= 15 is 0 Å². The summed E-state index contributed by atoms with van der Waals surface area (Å²) in [5.74, 6) is -0.949. The van der Waals surface area contributed by atoms with Gasteiger partial charge in [0.15, 0.2) is 0 Å². The summed E-state index contributed by atoms with van der Waals surface area (Å²) < 4.78 is 0. The first-order chi connectivity index (χ1) is 5.46. The summed E-state index contributed by atoms with van der Waals surface area (Å²) in [5, 5.41) is 0. The highest BCUT2D eigenvalue weighted by molar-refractivity contribution is 6.36. The first kappa shape index (κ1) is 13.7. The molecule has 12 heavy (non-hydrogen) atoms. The van der Waals surface area contributed by atoms with Crippen molar-refractivity contribution in [2.24, 2.45) is 5.92 Å². The Bertz CT molecular complexity index is 133. The van der Waals surface area contributed by atoms with E-state index < -0.39 is 5.91 Å². The predicted octanol–water partition coefficient (Wildman–Crippen LogP) is 1.33. The van der Waals surface area contributed by atoms with E-state index in [1.807, 2.05) is 13.8 Å². The molecule has 0 aliphatic carbocycles. The van der Waals surface area contributed by atoms with Crippen molar-refractivity contribution < 1.29 is 9.59 Å². The van der Waals surface area contributed by atoms with Crippen molar-refractivity contribution in [2.45, 2.75) is 27.7 Å². The van der Waals surface area contributed by atoms with E-state index in [0.717, 1.165) is 0 Å². The third-order valence-electron chi connectivity index (χ3n) is 1.14. The van der Waals surface area contributed by atoms with Crippen LogP contribution < -0.4 is 0 Å². The van der Waals surface area contributed by atoms with Gasteiger partial charge in [-0.15, -0.1) is 0 Å². The minimum Gasteiger partial charge on any atom is -0.342 e. The van der Waals surface area contributed by atoms with Crippen LogP contribution >= 0.6 is 0 Å². The molecule has 0 bridgehead atoms. The van der Waals surface area contributed by atoms with Gasteiger partial charge in [-0.05, 0) is 0 Å². The maximum absolute atomic E-state index is 10.9. The fourth-order valence-corrected chi connectivity index (χ4v) is 0.467. The Kier molecular flexibility index (Phi) is 7.80. The fourth-order valence-electron chi connectivity index (χ4n) is 0.467. The first-order valence-corrected chi connectivity index (χ1v) is 4.22. The van der Waals surface area contributed by atoms with Crippen molar-refractivity contribution in [3.63, 3.8) is 0 Å². The number of hydrogen-bond donors (Lipinski definition) is 0. The van der Waals surface area contributed by atoms with Crippen LogP contribution in [-0.4, -0.2) is 30.7 Å². The minimum atomic E-state index is -0.421. The summed E-state index contributed by atoms with van der Waals surface area (Å²) in [4.78, 5) is 23.0. The molecular weight excluding hydrogens is 154 g/mol. The molecule has 0 rings (SSSR count). The number of rotatable bonds is 2. The van der Waals surface area contributed by atoms with Crippen LogP contribution in [0.3, 0.4) is 0 Å². The van der Waals surface area contributed by atoms with E-state index in [4.69, 9.17) is 0 Å². The largest absolute Gasteiger partial charge is 0.342 e. The predicted molar refractivity (Wildman–Crippen MR) is 49.9 cm³/mol. The van der Waals surface area contributed by atoms with Crippen molar-refractivity contribution in [1.82, 2.24) is 4.90 Å². The van der Waals surface area contributed by atoms with Gasteiger partial charge in [0.05, 0.1) is 0 Å². The molecule has 0 spiro atoms. The van der Waals surface area contributed by atoms with Gasteiger partial charge in [0, 0.05) is 20.0 Å². The van der Waals surface area contributed by atoms with E-state index in [-0.39, 0.29) is 11.7 Å². The van der Waals surface area contributed by atoms with E-state index in [2.05, 4.69) is 0 Å². The third kappa shape index (κ3) is 4.88. The van der Waals surface area contributed by atoms with E-state index in [1.165, 1.54) is 4.90 Å². The molecule has 0 heterocycles. The highest BCUT2D eigenvalue weighted by atomic mass is 16.2. The number of amides is 1. The number of carbonyl (C=O) groups is 2. The Morgan fingerprint density at radius 1 is 1.08 bits per heavy atom. The molecule has 0 unspecified atom stereocenters. The van der Waals surface area contributed by atoms with Gasteiger partial charge in [-0.2, -0.15) is 0 Å². The second-order valence-corrected chi connectivity index (χ2v) is 2.72. The zero-order chi connectivity index (χ0) is 10.3. The van der Waals surface area contributed by atoms with Crippen LogP contribution in [-0.2, 0) is 9.59 Å². The number of nitrogens with zero attached hydrogens (tertiary/aromatic N) is 1.